The summed E-state index contributed by atoms with van der Waals surface area (Å²) in [6.45, 7) is 3.74. The van der Waals surface area contributed by atoms with E-state index < -0.39 is 0 Å². The second-order valence-corrected chi connectivity index (χ2v) is 7.48. The molecule has 0 atom stereocenters. The number of halogens is 1. The van der Waals surface area contributed by atoms with E-state index in [4.69, 9.17) is 4.74 Å². The van der Waals surface area contributed by atoms with Crippen molar-refractivity contribution in [1.29, 1.82) is 0 Å². The second-order valence-electron chi connectivity index (χ2n) is 6.54. The molecule has 1 aromatic heterocycles. The van der Waals surface area contributed by atoms with Crippen molar-refractivity contribution in [3.63, 3.8) is 0 Å². The van der Waals surface area contributed by atoms with Crippen molar-refractivity contribution in [1.82, 2.24) is 10.3 Å². The fourth-order valence-corrected chi connectivity index (χ4v) is 4.08. The van der Waals surface area contributed by atoms with Crippen LogP contribution in [0.3, 0.4) is 0 Å². The van der Waals surface area contributed by atoms with Crippen LogP contribution in [0, 0.1) is 12.7 Å². The largest absolute Gasteiger partial charge is 0.381 e. The van der Waals surface area contributed by atoms with E-state index >= 15 is 0 Å². The van der Waals surface area contributed by atoms with E-state index in [0.29, 0.717) is 32.6 Å². The Balaban J connectivity index is 1.63. The van der Waals surface area contributed by atoms with E-state index in [0.717, 1.165) is 29.0 Å². The molecule has 1 fully saturated rings. The third-order valence-electron chi connectivity index (χ3n) is 4.93. The van der Waals surface area contributed by atoms with Crippen molar-refractivity contribution < 1.29 is 13.9 Å². The lowest BCUT2D eigenvalue weighted by Gasteiger charge is -2.38. The Labute approximate surface area is 151 Å². The highest BCUT2D eigenvalue weighted by Gasteiger charge is 2.35. The zero-order chi connectivity index (χ0) is 17.7. The minimum absolute atomic E-state index is 0.0232. The molecule has 1 saturated heterocycles. The zero-order valence-corrected chi connectivity index (χ0v) is 15.2. The number of ether oxygens (including phenoxy) is 1. The van der Waals surface area contributed by atoms with Crippen LogP contribution in [-0.2, 0) is 21.4 Å². The number of hydrogen-bond donors (Lipinski definition) is 1. The highest BCUT2D eigenvalue weighted by atomic mass is 32.1. The Kier molecular flexibility index (Phi) is 5.81. The summed E-state index contributed by atoms with van der Waals surface area (Å²) in [4.78, 5) is 17.7. The van der Waals surface area contributed by atoms with E-state index in [2.05, 4.69) is 10.3 Å². The number of aromatic nitrogens is 1. The highest BCUT2D eigenvalue weighted by Crippen LogP contribution is 2.34. The normalized spacial score (nSPS) is 16.6. The molecule has 4 nitrogen and oxygen atoms in total. The molecule has 1 aromatic carbocycles. The fraction of sp³-hybridized carbons (Fsp3) is 0.474. The molecule has 25 heavy (non-hydrogen) atoms. The predicted octanol–water partition coefficient (Wildman–Crippen LogP) is 3.39. The number of thiazole rings is 1. The maximum absolute atomic E-state index is 13.7. The van der Waals surface area contributed by atoms with Crippen LogP contribution in [-0.4, -0.2) is 30.6 Å². The van der Waals surface area contributed by atoms with Gasteiger partial charge in [-0.1, -0.05) is 12.1 Å². The van der Waals surface area contributed by atoms with Crippen LogP contribution in [0.5, 0.6) is 0 Å². The van der Waals surface area contributed by atoms with Crippen LogP contribution in [0.25, 0.3) is 0 Å². The molecule has 0 bridgehead atoms. The van der Waals surface area contributed by atoms with Crippen molar-refractivity contribution in [2.75, 3.05) is 19.8 Å². The van der Waals surface area contributed by atoms with Crippen molar-refractivity contribution in [3.05, 3.63) is 51.7 Å². The topological polar surface area (TPSA) is 51.2 Å². The lowest BCUT2D eigenvalue weighted by atomic mass is 9.74. The molecule has 0 unspecified atom stereocenters. The number of nitrogens with zero attached hydrogens (tertiary/aromatic N) is 1. The first kappa shape index (κ1) is 18.0. The summed E-state index contributed by atoms with van der Waals surface area (Å²) in [5.41, 5.74) is 3.49. The highest BCUT2D eigenvalue weighted by molar-refractivity contribution is 7.09. The summed E-state index contributed by atoms with van der Waals surface area (Å²) in [5.74, 6) is -0.217. The average molecular weight is 362 g/mol. The number of rotatable bonds is 6. The third-order valence-corrected chi connectivity index (χ3v) is 5.93. The van der Waals surface area contributed by atoms with Gasteiger partial charge in [-0.2, -0.15) is 0 Å². The first-order chi connectivity index (χ1) is 12.1. The van der Waals surface area contributed by atoms with Gasteiger partial charge in [0.25, 0.3) is 0 Å². The number of hydrogen-bond acceptors (Lipinski definition) is 4. The summed E-state index contributed by atoms with van der Waals surface area (Å²) in [5, 5.41) is 3.06. The summed E-state index contributed by atoms with van der Waals surface area (Å²) in [6, 6.07) is 6.71. The fourth-order valence-electron chi connectivity index (χ4n) is 3.30. The van der Waals surface area contributed by atoms with Gasteiger partial charge in [0.05, 0.1) is 11.2 Å². The number of carbonyl (C=O) groups is 1. The Morgan fingerprint density at radius 3 is 2.88 bits per heavy atom. The Bertz CT molecular complexity index is 726. The van der Waals surface area contributed by atoms with Crippen LogP contribution in [0.1, 0.15) is 35.4 Å². The van der Waals surface area contributed by atoms with Crippen LogP contribution in [0.2, 0.25) is 0 Å². The van der Waals surface area contributed by atoms with Gasteiger partial charge in [0.1, 0.15) is 5.82 Å². The average Bonchev–Trinajstić information content (AvgIpc) is 3.04. The van der Waals surface area contributed by atoms with E-state index in [1.54, 1.807) is 23.5 Å². The lowest BCUT2D eigenvalue weighted by Crippen LogP contribution is -2.44. The number of amides is 1. The third kappa shape index (κ3) is 4.44. The Morgan fingerprint density at radius 2 is 2.20 bits per heavy atom. The molecule has 1 amide bonds. The SMILES string of the molecule is Cc1ncsc1CCC(=O)NCC1(c2cccc(F)c2)CCOCC1. The van der Waals surface area contributed by atoms with Crippen LogP contribution >= 0.6 is 11.3 Å². The molecule has 1 N–H and O–H groups in total. The monoisotopic (exact) mass is 362 g/mol. The molecular formula is C19H23FN2O2S. The van der Waals surface area contributed by atoms with E-state index in [1.165, 1.54) is 6.07 Å². The predicted molar refractivity (Wildman–Crippen MR) is 96.3 cm³/mol. The molecule has 0 saturated carbocycles. The standard InChI is InChI=1S/C19H23FN2O2S/c1-14-17(25-13-22-14)5-6-18(23)21-12-19(7-9-24-10-8-19)15-3-2-4-16(20)11-15/h2-4,11,13H,5-10,12H2,1H3,(H,21,23). The molecule has 0 radical (unpaired) electrons. The van der Waals surface area contributed by atoms with Gasteiger partial charge in [0.2, 0.25) is 5.91 Å². The molecule has 0 spiro atoms. The molecule has 134 valence electrons. The van der Waals surface area contributed by atoms with Crippen molar-refractivity contribution >= 4 is 17.2 Å². The van der Waals surface area contributed by atoms with E-state index in [1.807, 2.05) is 18.5 Å². The van der Waals surface area contributed by atoms with Crippen molar-refractivity contribution in [3.8, 4) is 0 Å². The van der Waals surface area contributed by atoms with Gasteiger partial charge in [-0.05, 0) is 43.9 Å². The first-order valence-electron chi connectivity index (χ1n) is 8.58. The smallest absolute Gasteiger partial charge is 0.220 e. The minimum Gasteiger partial charge on any atom is -0.381 e. The summed E-state index contributed by atoms with van der Waals surface area (Å²) in [7, 11) is 0. The zero-order valence-electron chi connectivity index (χ0n) is 14.4. The van der Waals surface area contributed by atoms with Crippen molar-refractivity contribution in [2.24, 2.45) is 0 Å². The quantitative estimate of drug-likeness (QED) is 0.857. The van der Waals surface area contributed by atoms with Gasteiger partial charge in [0.15, 0.2) is 0 Å². The summed E-state index contributed by atoms with van der Waals surface area (Å²) >= 11 is 1.59. The second kappa shape index (κ2) is 8.06. The molecule has 6 heteroatoms. The van der Waals surface area contributed by atoms with Gasteiger partial charge in [-0.25, -0.2) is 9.37 Å². The Morgan fingerprint density at radius 1 is 1.40 bits per heavy atom. The molecule has 2 aromatic rings. The first-order valence-corrected chi connectivity index (χ1v) is 9.46. The molecule has 1 aliphatic heterocycles. The maximum atomic E-state index is 13.7. The van der Waals surface area contributed by atoms with E-state index in [9.17, 15) is 9.18 Å². The molecule has 3 rings (SSSR count). The lowest BCUT2D eigenvalue weighted by molar-refractivity contribution is -0.121. The summed E-state index contributed by atoms with van der Waals surface area (Å²) in [6.07, 6.45) is 2.71. The number of benzene rings is 1. The van der Waals surface area contributed by atoms with Crippen LogP contribution in [0.15, 0.2) is 29.8 Å². The minimum atomic E-state index is -0.254. The van der Waals surface area contributed by atoms with E-state index in [-0.39, 0.29) is 17.1 Å². The molecular weight excluding hydrogens is 339 g/mol. The van der Waals surface area contributed by atoms with Gasteiger partial charge in [-0.3, -0.25) is 4.79 Å². The Hall–Kier alpha value is -1.79. The number of carbonyl (C=O) groups excluding carboxylic acids is 1. The van der Waals surface area contributed by atoms with Crippen LogP contribution < -0.4 is 5.32 Å². The molecule has 1 aliphatic rings. The van der Waals surface area contributed by atoms with Gasteiger partial charge in [0, 0.05) is 36.5 Å². The molecule has 0 aliphatic carbocycles. The number of nitrogens with one attached hydrogen (secondary N) is 1. The van der Waals surface area contributed by atoms with Crippen LogP contribution in [0.4, 0.5) is 4.39 Å². The molecule has 2 heterocycles. The van der Waals surface area contributed by atoms with Gasteiger partial charge >= 0.3 is 0 Å². The van der Waals surface area contributed by atoms with Crippen molar-refractivity contribution in [2.45, 2.75) is 38.0 Å². The van der Waals surface area contributed by atoms with Gasteiger partial charge in [-0.15, -0.1) is 11.3 Å². The summed E-state index contributed by atoms with van der Waals surface area (Å²) < 4.78 is 19.2. The van der Waals surface area contributed by atoms with Gasteiger partial charge < -0.3 is 10.1 Å². The number of aryl methyl sites for hydroxylation is 2. The maximum Gasteiger partial charge on any atom is 0.220 e.